The summed E-state index contributed by atoms with van der Waals surface area (Å²) in [6.45, 7) is 0.0420. The molecule has 7 nitrogen and oxygen atoms in total. The number of hydrogen-bond donors (Lipinski definition) is 2. The van der Waals surface area contributed by atoms with Crippen LogP contribution in [0.3, 0.4) is 0 Å². The topological polar surface area (TPSA) is 97.0 Å². The molecule has 0 atom stereocenters. The van der Waals surface area contributed by atoms with E-state index in [0.29, 0.717) is 11.6 Å². The lowest BCUT2D eigenvalue weighted by atomic mass is 10.3. The molecule has 0 aliphatic heterocycles. The summed E-state index contributed by atoms with van der Waals surface area (Å²) < 4.78 is 31.5. The quantitative estimate of drug-likeness (QED) is 0.812. The highest BCUT2D eigenvalue weighted by atomic mass is 32.2. The fourth-order valence-electron chi connectivity index (χ4n) is 1.40. The predicted octanol–water partition coefficient (Wildman–Crippen LogP) is 0.292. The highest BCUT2D eigenvalue weighted by Crippen LogP contribution is 2.22. The Labute approximate surface area is 104 Å². The number of benzene rings is 1. The molecule has 0 spiro atoms. The molecule has 0 bridgehead atoms. The molecule has 2 aromatic rings. The fourth-order valence-corrected chi connectivity index (χ4v) is 2.55. The molecule has 1 aromatic heterocycles. The molecule has 0 saturated carbocycles. The number of para-hydroxylation sites is 1. The van der Waals surface area contributed by atoms with Gasteiger partial charge in [-0.1, -0.05) is 12.1 Å². The Morgan fingerprint density at radius 1 is 1.39 bits per heavy atom. The van der Waals surface area contributed by atoms with Crippen molar-refractivity contribution < 1.29 is 13.2 Å². The molecule has 1 aromatic carbocycles. The largest absolute Gasteiger partial charge is 0.495 e. The van der Waals surface area contributed by atoms with Crippen molar-refractivity contribution in [3.05, 3.63) is 36.4 Å². The second-order valence-electron chi connectivity index (χ2n) is 3.41. The number of sulfonamides is 1. The lowest BCUT2D eigenvalue weighted by Gasteiger charge is -2.09. The SMILES string of the molecule is COc1ccccc1S(=O)(=O)NCc1ncn[nH]1. The molecule has 18 heavy (non-hydrogen) atoms. The van der Waals surface area contributed by atoms with Crippen LogP contribution in [0.15, 0.2) is 35.5 Å². The van der Waals surface area contributed by atoms with E-state index in [0.717, 1.165) is 0 Å². The third-order valence-corrected chi connectivity index (χ3v) is 3.69. The molecule has 0 amide bonds. The molecule has 1 heterocycles. The first-order chi connectivity index (χ1) is 8.63. The molecule has 0 aliphatic rings. The van der Waals surface area contributed by atoms with Gasteiger partial charge in [0, 0.05) is 0 Å². The van der Waals surface area contributed by atoms with E-state index in [1.165, 1.54) is 19.5 Å². The Kier molecular flexibility index (Phi) is 3.58. The third-order valence-electron chi connectivity index (χ3n) is 2.25. The molecule has 8 heteroatoms. The van der Waals surface area contributed by atoms with Gasteiger partial charge in [0.25, 0.3) is 0 Å². The van der Waals surface area contributed by atoms with Crippen molar-refractivity contribution in [2.45, 2.75) is 11.4 Å². The first kappa shape index (κ1) is 12.5. The smallest absolute Gasteiger partial charge is 0.244 e. The third kappa shape index (κ3) is 2.66. The van der Waals surface area contributed by atoms with E-state index in [-0.39, 0.29) is 11.4 Å². The van der Waals surface area contributed by atoms with E-state index >= 15 is 0 Å². The van der Waals surface area contributed by atoms with Crippen molar-refractivity contribution in [2.24, 2.45) is 0 Å². The summed E-state index contributed by atoms with van der Waals surface area (Å²) in [4.78, 5) is 3.92. The highest BCUT2D eigenvalue weighted by Gasteiger charge is 2.18. The second kappa shape index (κ2) is 5.15. The number of H-pyrrole nitrogens is 1. The van der Waals surface area contributed by atoms with Crippen LogP contribution in [0.5, 0.6) is 5.75 Å². The van der Waals surface area contributed by atoms with Gasteiger partial charge in [0.15, 0.2) is 0 Å². The van der Waals surface area contributed by atoms with Crippen LogP contribution in [0.4, 0.5) is 0 Å². The van der Waals surface area contributed by atoms with Gasteiger partial charge in [-0.3, -0.25) is 5.10 Å². The molecule has 0 radical (unpaired) electrons. The predicted molar refractivity (Wildman–Crippen MR) is 63.4 cm³/mol. The summed E-state index contributed by atoms with van der Waals surface area (Å²) in [5, 5.41) is 6.20. The summed E-state index contributed by atoms with van der Waals surface area (Å²) in [6, 6.07) is 6.39. The number of ether oxygens (including phenoxy) is 1. The van der Waals surface area contributed by atoms with Gasteiger partial charge in [0.1, 0.15) is 22.8 Å². The van der Waals surface area contributed by atoms with Gasteiger partial charge in [-0.15, -0.1) is 0 Å². The first-order valence-electron chi connectivity index (χ1n) is 5.10. The number of methoxy groups -OCH3 is 1. The van der Waals surface area contributed by atoms with Gasteiger partial charge in [-0.25, -0.2) is 18.1 Å². The molecule has 0 saturated heterocycles. The van der Waals surface area contributed by atoms with Gasteiger partial charge in [0.05, 0.1) is 13.7 Å². The number of aromatic nitrogens is 3. The summed E-state index contributed by atoms with van der Waals surface area (Å²) in [5.74, 6) is 0.732. The van der Waals surface area contributed by atoms with E-state index in [1.807, 2.05) is 0 Å². The number of aromatic amines is 1. The van der Waals surface area contributed by atoms with Crippen molar-refractivity contribution in [1.29, 1.82) is 0 Å². The van der Waals surface area contributed by atoms with Gasteiger partial charge in [0.2, 0.25) is 10.0 Å². The van der Waals surface area contributed by atoms with Crippen molar-refractivity contribution in [3.63, 3.8) is 0 Å². The Balaban J connectivity index is 2.20. The average molecular weight is 268 g/mol. The van der Waals surface area contributed by atoms with Crippen LogP contribution in [-0.2, 0) is 16.6 Å². The molecular weight excluding hydrogens is 256 g/mol. The Hall–Kier alpha value is -1.93. The molecule has 0 fully saturated rings. The average Bonchev–Trinajstić information content (AvgIpc) is 2.89. The second-order valence-corrected chi connectivity index (χ2v) is 5.14. The number of hydrogen-bond acceptors (Lipinski definition) is 5. The number of rotatable bonds is 5. The zero-order valence-electron chi connectivity index (χ0n) is 9.62. The number of nitrogens with one attached hydrogen (secondary N) is 2. The minimum Gasteiger partial charge on any atom is -0.495 e. The minimum atomic E-state index is -3.64. The van der Waals surface area contributed by atoms with Gasteiger partial charge < -0.3 is 4.74 Å². The summed E-state index contributed by atoms with van der Waals surface area (Å²) in [7, 11) is -2.22. The monoisotopic (exact) mass is 268 g/mol. The van der Waals surface area contributed by atoms with Crippen LogP contribution in [0, 0.1) is 0 Å². The van der Waals surface area contributed by atoms with Gasteiger partial charge in [-0.05, 0) is 12.1 Å². The van der Waals surface area contributed by atoms with Crippen LogP contribution in [0.25, 0.3) is 0 Å². The van der Waals surface area contributed by atoms with E-state index in [4.69, 9.17) is 4.74 Å². The van der Waals surface area contributed by atoms with Crippen LogP contribution >= 0.6 is 0 Å². The van der Waals surface area contributed by atoms with E-state index in [2.05, 4.69) is 19.9 Å². The van der Waals surface area contributed by atoms with E-state index < -0.39 is 10.0 Å². The maximum atomic E-state index is 12.1. The van der Waals surface area contributed by atoms with E-state index in [9.17, 15) is 8.42 Å². The summed E-state index contributed by atoms with van der Waals surface area (Å²) in [6.07, 6.45) is 1.31. The van der Waals surface area contributed by atoms with Crippen LogP contribution in [0.1, 0.15) is 5.82 Å². The van der Waals surface area contributed by atoms with Crippen LogP contribution < -0.4 is 9.46 Å². The van der Waals surface area contributed by atoms with Gasteiger partial charge in [-0.2, -0.15) is 5.10 Å². The normalized spacial score (nSPS) is 11.4. The zero-order valence-corrected chi connectivity index (χ0v) is 10.4. The molecule has 2 N–H and O–H groups in total. The molecule has 96 valence electrons. The highest BCUT2D eigenvalue weighted by molar-refractivity contribution is 7.89. The van der Waals surface area contributed by atoms with Crippen molar-refractivity contribution >= 4 is 10.0 Å². The van der Waals surface area contributed by atoms with Crippen molar-refractivity contribution in [3.8, 4) is 5.75 Å². The van der Waals surface area contributed by atoms with Crippen molar-refractivity contribution in [1.82, 2.24) is 19.9 Å². The Morgan fingerprint density at radius 3 is 2.83 bits per heavy atom. The van der Waals surface area contributed by atoms with Crippen LogP contribution in [0.2, 0.25) is 0 Å². The first-order valence-corrected chi connectivity index (χ1v) is 6.59. The maximum absolute atomic E-state index is 12.1. The minimum absolute atomic E-state index is 0.0420. The summed E-state index contributed by atoms with van der Waals surface area (Å²) >= 11 is 0. The Morgan fingerprint density at radius 2 is 2.17 bits per heavy atom. The molecule has 2 rings (SSSR count). The molecule has 0 unspecified atom stereocenters. The van der Waals surface area contributed by atoms with Crippen molar-refractivity contribution in [2.75, 3.05) is 7.11 Å². The summed E-state index contributed by atoms with van der Waals surface area (Å²) in [5.41, 5.74) is 0. The standard InChI is InChI=1S/C10H12N4O3S/c1-17-8-4-2-3-5-9(8)18(15,16)13-6-10-11-7-12-14-10/h2-5,7,13H,6H2,1H3,(H,11,12,14). The zero-order chi connectivity index (χ0) is 13.0. The Bertz CT molecular complexity index is 610. The molecule has 0 aliphatic carbocycles. The number of nitrogens with zero attached hydrogens (tertiary/aromatic N) is 2. The van der Waals surface area contributed by atoms with Gasteiger partial charge >= 0.3 is 0 Å². The lowest BCUT2D eigenvalue weighted by Crippen LogP contribution is -2.24. The fraction of sp³-hybridized carbons (Fsp3) is 0.200. The maximum Gasteiger partial charge on any atom is 0.244 e. The molecular formula is C10H12N4O3S. The van der Waals surface area contributed by atoms with E-state index in [1.54, 1.807) is 18.2 Å². The van der Waals surface area contributed by atoms with Crippen LogP contribution in [-0.4, -0.2) is 30.7 Å². The lowest BCUT2D eigenvalue weighted by molar-refractivity contribution is 0.402.